The van der Waals surface area contributed by atoms with Gasteiger partial charge >= 0.3 is 12.2 Å². The smallest absolute Gasteiger partial charge is 0.410 e. The number of benzene rings is 4. The summed E-state index contributed by atoms with van der Waals surface area (Å²) in [6.07, 6.45) is -1.48. The lowest BCUT2D eigenvalue weighted by Crippen LogP contribution is -2.59. The van der Waals surface area contributed by atoms with Gasteiger partial charge in [-0.2, -0.15) is 0 Å². The van der Waals surface area contributed by atoms with E-state index in [2.05, 4.69) is 10.6 Å². The van der Waals surface area contributed by atoms with Crippen molar-refractivity contribution < 1.29 is 19.1 Å². The molecule has 6 nitrogen and oxygen atoms in total. The molecule has 2 N–H and O–H groups in total. The number of rotatable bonds is 6. The molecule has 0 radical (unpaired) electrons. The van der Waals surface area contributed by atoms with Gasteiger partial charge in [0, 0.05) is 11.1 Å². The van der Waals surface area contributed by atoms with Crippen molar-refractivity contribution >= 4 is 12.2 Å². The second-order valence-electron chi connectivity index (χ2n) is 7.14. The van der Waals surface area contributed by atoms with E-state index in [0.29, 0.717) is 22.6 Å². The van der Waals surface area contributed by atoms with Crippen molar-refractivity contribution in [2.24, 2.45) is 0 Å². The van der Waals surface area contributed by atoms with Crippen LogP contribution in [0.15, 0.2) is 121 Å². The minimum atomic E-state index is -1.46. The van der Waals surface area contributed by atoms with Crippen molar-refractivity contribution in [1.29, 1.82) is 0 Å². The van der Waals surface area contributed by atoms with E-state index in [1.165, 1.54) is 0 Å². The van der Waals surface area contributed by atoms with Gasteiger partial charge in [-0.15, -0.1) is 0 Å². The molecule has 4 aromatic carbocycles. The van der Waals surface area contributed by atoms with Gasteiger partial charge in [0.1, 0.15) is 11.5 Å². The molecule has 0 unspecified atom stereocenters. The fourth-order valence-corrected chi connectivity index (χ4v) is 3.41. The Morgan fingerprint density at radius 1 is 0.485 bits per heavy atom. The zero-order valence-corrected chi connectivity index (χ0v) is 17.7. The number of nitrogens with one attached hydrogen (secondary N) is 2. The van der Waals surface area contributed by atoms with Crippen molar-refractivity contribution in [2.75, 3.05) is 0 Å². The van der Waals surface area contributed by atoms with Gasteiger partial charge in [0.2, 0.25) is 0 Å². The van der Waals surface area contributed by atoms with Crippen LogP contribution in [-0.4, -0.2) is 12.2 Å². The van der Waals surface area contributed by atoms with Gasteiger partial charge in [-0.1, -0.05) is 97.1 Å². The number of hydrogen-bond acceptors (Lipinski definition) is 4. The molecule has 2 amide bonds. The summed E-state index contributed by atoms with van der Waals surface area (Å²) in [4.78, 5) is 26.0. The maximum Gasteiger partial charge on any atom is 0.414 e. The van der Waals surface area contributed by atoms with Crippen LogP contribution in [-0.2, 0) is 5.66 Å². The molecule has 0 aromatic heterocycles. The standard InChI is InChI=1S/C27H22N2O4/c30-25(32-23-17-9-3-10-18-23)28-27(21-13-5-1-6-14-21,22-15-7-2-8-16-22)29-26(31)33-24-19-11-4-12-20-24/h1-20H,(H,28,30)(H,29,31). The zero-order valence-electron chi connectivity index (χ0n) is 17.7. The second kappa shape index (κ2) is 10.2. The molecule has 4 aromatic rings. The van der Waals surface area contributed by atoms with E-state index < -0.39 is 17.8 Å². The molecule has 164 valence electrons. The number of amides is 2. The largest absolute Gasteiger partial charge is 0.414 e. The highest BCUT2D eigenvalue weighted by Crippen LogP contribution is 2.28. The molecule has 0 saturated carbocycles. The van der Waals surface area contributed by atoms with E-state index in [1.807, 2.05) is 48.5 Å². The normalized spacial score (nSPS) is 10.7. The fourth-order valence-electron chi connectivity index (χ4n) is 3.41. The van der Waals surface area contributed by atoms with Crippen LogP contribution in [0.5, 0.6) is 11.5 Å². The first-order chi connectivity index (χ1) is 16.2. The van der Waals surface area contributed by atoms with Gasteiger partial charge in [-0.3, -0.25) is 10.6 Å². The molecule has 0 aliphatic rings. The predicted octanol–water partition coefficient (Wildman–Crippen LogP) is 5.46. The maximum absolute atomic E-state index is 13.0. The quantitative estimate of drug-likeness (QED) is 0.392. The molecule has 0 heterocycles. The zero-order chi connectivity index (χ0) is 22.9. The minimum absolute atomic E-state index is 0.372. The molecule has 0 fully saturated rings. The van der Waals surface area contributed by atoms with Crippen LogP contribution < -0.4 is 20.1 Å². The Hall–Kier alpha value is -4.58. The summed E-state index contributed by atoms with van der Waals surface area (Å²) in [6, 6.07) is 35.6. The first kappa shape index (κ1) is 21.6. The molecule has 0 atom stereocenters. The van der Waals surface area contributed by atoms with Crippen LogP contribution in [0, 0.1) is 0 Å². The van der Waals surface area contributed by atoms with Crippen LogP contribution in [0.1, 0.15) is 11.1 Å². The van der Waals surface area contributed by atoms with Crippen molar-refractivity contribution in [3.05, 3.63) is 132 Å². The Morgan fingerprint density at radius 3 is 1.12 bits per heavy atom. The summed E-state index contributed by atoms with van der Waals surface area (Å²) >= 11 is 0. The molecule has 0 bridgehead atoms. The average molecular weight is 438 g/mol. The van der Waals surface area contributed by atoms with Crippen LogP contribution in [0.25, 0.3) is 0 Å². The van der Waals surface area contributed by atoms with Gasteiger partial charge in [-0.25, -0.2) is 9.59 Å². The maximum atomic E-state index is 13.0. The monoisotopic (exact) mass is 438 g/mol. The highest BCUT2D eigenvalue weighted by atomic mass is 16.6. The number of hydrogen-bond donors (Lipinski definition) is 2. The third kappa shape index (κ3) is 5.37. The summed E-state index contributed by atoms with van der Waals surface area (Å²) < 4.78 is 10.9. The van der Waals surface area contributed by atoms with Gasteiger partial charge in [0.15, 0.2) is 5.66 Å². The van der Waals surface area contributed by atoms with E-state index in [9.17, 15) is 9.59 Å². The van der Waals surface area contributed by atoms with E-state index in [-0.39, 0.29) is 0 Å². The highest BCUT2D eigenvalue weighted by molar-refractivity contribution is 5.77. The van der Waals surface area contributed by atoms with Crippen molar-refractivity contribution in [3.63, 3.8) is 0 Å². The van der Waals surface area contributed by atoms with Crippen LogP contribution in [0.3, 0.4) is 0 Å². The third-order valence-electron chi connectivity index (χ3n) is 4.90. The Kier molecular flexibility index (Phi) is 6.66. The van der Waals surface area contributed by atoms with E-state index in [1.54, 1.807) is 72.8 Å². The number of carbonyl (C=O) groups excluding carboxylic acids is 2. The lowest BCUT2D eigenvalue weighted by Gasteiger charge is -2.35. The Labute approximate surface area is 191 Å². The first-order valence-electron chi connectivity index (χ1n) is 10.4. The molecule has 33 heavy (non-hydrogen) atoms. The van der Waals surface area contributed by atoms with Gasteiger partial charge in [-0.05, 0) is 24.3 Å². The summed E-state index contributed by atoms with van der Waals surface area (Å²) in [5, 5.41) is 5.71. The summed E-state index contributed by atoms with van der Waals surface area (Å²) in [5.74, 6) is 0.744. The molecule has 0 aliphatic carbocycles. The average Bonchev–Trinajstić information content (AvgIpc) is 2.86. The first-order valence-corrected chi connectivity index (χ1v) is 10.4. The van der Waals surface area contributed by atoms with Crippen LogP contribution in [0.2, 0.25) is 0 Å². The summed E-state index contributed by atoms with van der Waals surface area (Å²) in [7, 11) is 0. The van der Waals surface area contributed by atoms with Crippen LogP contribution >= 0.6 is 0 Å². The molecule has 6 heteroatoms. The topological polar surface area (TPSA) is 76.7 Å². The second-order valence-corrected chi connectivity index (χ2v) is 7.14. The SMILES string of the molecule is O=C(NC(NC(=O)Oc1ccccc1)(c1ccccc1)c1ccccc1)Oc1ccccc1. The summed E-state index contributed by atoms with van der Waals surface area (Å²) in [6.45, 7) is 0. The molecule has 0 spiro atoms. The van der Waals surface area contributed by atoms with E-state index in [0.717, 1.165) is 0 Å². The predicted molar refractivity (Wildman–Crippen MR) is 125 cm³/mol. The highest BCUT2D eigenvalue weighted by Gasteiger charge is 2.39. The minimum Gasteiger partial charge on any atom is -0.410 e. The van der Waals surface area contributed by atoms with E-state index in [4.69, 9.17) is 9.47 Å². The lowest BCUT2D eigenvalue weighted by atomic mass is 9.91. The molecular formula is C27H22N2O4. The van der Waals surface area contributed by atoms with Crippen molar-refractivity contribution in [1.82, 2.24) is 10.6 Å². The van der Waals surface area contributed by atoms with Crippen LogP contribution in [0.4, 0.5) is 9.59 Å². The van der Waals surface area contributed by atoms with Crippen molar-refractivity contribution in [2.45, 2.75) is 5.66 Å². The molecule has 0 aliphatic heterocycles. The number of para-hydroxylation sites is 2. The van der Waals surface area contributed by atoms with Gasteiger partial charge < -0.3 is 9.47 Å². The van der Waals surface area contributed by atoms with Crippen molar-refractivity contribution in [3.8, 4) is 11.5 Å². The fraction of sp³-hybridized carbons (Fsp3) is 0.0370. The molecule has 4 rings (SSSR count). The third-order valence-corrected chi connectivity index (χ3v) is 4.90. The lowest BCUT2D eigenvalue weighted by molar-refractivity contribution is 0.168. The number of carbonyl (C=O) groups is 2. The molecular weight excluding hydrogens is 416 g/mol. The summed E-state index contributed by atoms with van der Waals surface area (Å²) in [5.41, 5.74) is -0.224. The number of ether oxygens (including phenoxy) is 2. The van der Waals surface area contributed by atoms with Gasteiger partial charge in [0.05, 0.1) is 0 Å². The van der Waals surface area contributed by atoms with E-state index >= 15 is 0 Å². The Balaban J connectivity index is 1.71. The molecule has 0 saturated heterocycles. The van der Waals surface area contributed by atoms with Gasteiger partial charge in [0.25, 0.3) is 0 Å². The Bertz CT molecular complexity index is 1090. The Morgan fingerprint density at radius 2 is 0.788 bits per heavy atom.